The molecule has 108 valence electrons. The molecule has 1 aliphatic heterocycles. The number of primary amides is 1. The van der Waals surface area contributed by atoms with Crippen molar-refractivity contribution in [3.8, 4) is 0 Å². The van der Waals surface area contributed by atoms with E-state index in [0.29, 0.717) is 24.3 Å². The van der Waals surface area contributed by atoms with Crippen LogP contribution in [0.3, 0.4) is 0 Å². The fourth-order valence-corrected chi connectivity index (χ4v) is 3.39. The zero-order valence-electron chi connectivity index (χ0n) is 12.2. The van der Waals surface area contributed by atoms with Crippen LogP contribution in [0.5, 0.6) is 0 Å². The van der Waals surface area contributed by atoms with Crippen LogP contribution >= 0.6 is 0 Å². The van der Waals surface area contributed by atoms with Gasteiger partial charge < -0.3 is 10.6 Å². The van der Waals surface area contributed by atoms with Crippen molar-refractivity contribution in [1.29, 1.82) is 0 Å². The minimum absolute atomic E-state index is 0.131. The molecule has 0 bridgehead atoms. The molecule has 2 rings (SSSR count). The topological polar surface area (TPSA) is 63.4 Å². The molecule has 1 atom stereocenters. The predicted octanol–water partition coefficient (Wildman–Crippen LogP) is 2.07. The average molecular weight is 266 g/mol. The molecule has 2 N–H and O–H groups in total. The van der Waals surface area contributed by atoms with Gasteiger partial charge in [0, 0.05) is 13.0 Å². The lowest BCUT2D eigenvalue weighted by Crippen LogP contribution is -2.44. The van der Waals surface area contributed by atoms with Gasteiger partial charge in [0.1, 0.15) is 6.04 Å². The van der Waals surface area contributed by atoms with Crippen LogP contribution in [0.25, 0.3) is 0 Å². The molecule has 0 unspecified atom stereocenters. The molecule has 2 fully saturated rings. The van der Waals surface area contributed by atoms with E-state index in [9.17, 15) is 9.59 Å². The minimum Gasteiger partial charge on any atom is -0.368 e. The van der Waals surface area contributed by atoms with Gasteiger partial charge in [-0.3, -0.25) is 9.59 Å². The molecule has 1 saturated carbocycles. The quantitative estimate of drug-likeness (QED) is 0.850. The number of carbonyl (C=O) groups excluding carboxylic acids is 2. The second-order valence-corrected chi connectivity index (χ2v) is 6.96. The number of hydrogen-bond acceptors (Lipinski definition) is 2. The van der Waals surface area contributed by atoms with Crippen molar-refractivity contribution < 1.29 is 9.59 Å². The largest absolute Gasteiger partial charge is 0.368 e. The number of amides is 2. The van der Waals surface area contributed by atoms with E-state index in [2.05, 4.69) is 13.8 Å². The van der Waals surface area contributed by atoms with E-state index in [1.807, 2.05) is 0 Å². The van der Waals surface area contributed by atoms with E-state index in [0.717, 1.165) is 25.7 Å². The maximum atomic E-state index is 12.3. The molecule has 2 amide bonds. The van der Waals surface area contributed by atoms with Crippen LogP contribution in [0.1, 0.15) is 58.8 Å². The van der Waals surface area contributed by atoms with E-state index in [4.69, 9.17) is 5.73 Å². The van der Waals surface area contributed by atoms with E-state index < -0.39 is 0 Å². The summed E-state index contributed by atoms with van der Waals surface area (Å²) < 4.78 is 0. The Kier molecular flexibility index (Phi) is 4.16. The second-order valence-electron chi connectivity index (χ2n) is 6.96. The maximum absolute atomic E-state index is 12.3. The Morgan fingerprint density at radius 2 is 1.84 bits per heavy atom. The van der Waals surface area contributed by atoms with Crippen molar-refractivity contribution in [1.82, 2.24) is 4.90 Å². The predicted molar refractivity (Wildman–Crippen MR) is 74.3 cm³/mol. The summed E-state index contributed by atoms with van der Waals surface area (Å²) in [5.41, 5.74) is 5.80. The molecular weight excluding hydrogens is 240 g/mol. The number of nitrogens with zero attached hydrogens (tertiary/aromatic N) is 1. The molecule has 1 aliphatic carbocycles. The number of carbonyl (C=O) groups is 2. The van der Waals surface area contributed by atoms with Crippen LogP contribution in [0, 0.1) is 11.3 Å². The van der Waals surface area contributed by atoms with Gasteiger partial charge in [0.05, 0.1) is 0 Å². The van der Waals surface area contributed by atoms with Crippen LogP contribution in [-0.2, 0) is 9.59 Å². The maximum Gasteiger partial charge on any atom is 0.240 e. The lowest BCUT2D eigenvalue weighted by Gasteiger charge is -2.35. The molecule has 0 aromatic carbocycles. The van der Waals surface area contributed by atoms with E-state index in [1.54, 1.807) is 4.90 Å². The van der Waals surface area contributed by atoms with Gasteiger partial charge >= 0.3 is 0 Å². The Morgan fingerprint density at radius 1 is 1.21 bits per heavy atom. The first-order valence-corrected chi connectivity index (χ1v) is 7.48. The molecule has 0 spiro atoms. The molecule has 19 heavy (non-hydrogen) atoms. The fourth-order valence-electron chi connectivity index (χ4n) is 3.39. The third kappa shape index (κ3) is 3.48. The zero-order valence-corrected chi connectivity index (χ0v) is 12.2. The van der Waals surface area contributed by atoms with Crippen LogP contribution < -0.4 is 5.73 Å². The Morgan fingerprint density at radius 3 is 2.42 bits per heavy atom. The number of hydrogen-bond donors (Lipinski definition) is 1. The minimum atomic E-state index is -0.354. The fraction of sp³-hybridized carbons (Fsp3) is 0.867. The zero-order chi connectivity index (χ0) is 14.0. The number of likely N-dealkylation sites (tertiary alicyclic amines) is 1. The van der Waals surface area contributed by atoms with Gasteiger partial charge in [-0.1, -0.05) is 13.8 Å². The molecule has 2 aliphatic rings. The van der Waals surface area contributed by atoms with Gasteiger partial charge in [0.2, 0.25) is 11.8 Å². The standard InChI is InChI=1S/C15H26N2O2/c1-15(2)7-5-11(6-8-15)10-13(18)17-9-3-4-12(17)14(16)19/h11-12H,3-10H2,1-2H3,(H2,16,19)/t12-/m1/s1. The molecule has 0 radical (unpaired) electrons. The highest BCUT2D eigenvalue weighted by molar-refractivity contribution is 5.87. The van der Waals surface area contributed by atoms with E-state index >= 15 is 0 Å². The summed E-state index contributed by atoms with van der Waals surface area (Å²) in [7, 11) is 0. The number of nitrogens with two attached hydrogens (primary N) is 1. The van der Waals surface area contributed by atoms with Crippen LogP contribution in [0.2, 0.25) is 0 Å². The summed E-state index contributed by atoms with van der Waals surface area (Å²) in [6, 6.07) is -0.354. The highest BCUT2D eigenvalue weighted by atomic mass is 16.2. The normalized spacial score (nSPS) is 27.5. The molecule has 1 heterocycles. The molecule has 4 nitrogen and oxygen atoms in total. The third-order valence-electron chi connectivity index (χ3n) is 4.82. The van der Waals surface area contributed by atoms with E-state index in [-0.39, 0.29) is 17.9 Å². The molecule has 0 aromatic rings. The first-order chi connectivity index (χ1) is 8.89. The monoisotopic (exact) mass is 266 g/mol. The van der Waals surface area contributed by atoms with Crippen molar-refractivity contribution in [3.63, 3.8) is 0 Å². The first kappa shape index (κ1) is 14.4. The van der Waals surface area contributed by atoms with E-state index in [1.165, 1.54) is 12.8 Å². The van der Waals surface area contributed by atoms with Gasteiger partial charge in [0.15, 0.2) is 0 Å². The molecule has 1 saturated heterocycles. The highest BCUT2D eigenvalue weighted by Gasteiger charge is 2.34. The van der Waals surface area contributed by atoms with Crippen LogP contribution in [0.4, 0.5) is 0 Å². The summed E-state index contributed by atoms with van der Waals surface area (Å²) in [4.78, 5) is 25.3. The number of rotatable bonds is 3. The smallest absolute Gasteiger partial charge is 0.240 e. The first-order valence-electron chi connectivity index (χ1n) is 7.48. The van der Waals surface area contributed by atoms with Gasteiger partial charge in [-0.2, -0.15) is 0 Å². The summed E-state index contributed by atoms with van der Waals surface area (Å²) in [6.07, 6.45) is 6.89. The van der Waals surface area contributed by atoms with Crippen molar-refractivity contribution >= 4 is 11.8 Å². The lowest BCUT2D eigenvalue weighted by molar-refractivity contribution is -0.138. The third-order valence-corrected chi connectivity index (χ3v) is 4.82. The van der Waals surface area contributed by atoms with Crippen molar-refractivity contribution in [2.45, 2.75) is 64.8 Å². The Bertz CT molecular complexity index is 355. The summed E-state index contributed by atoms with van der Waals surface area (Å²) in [5, 5.41) is 0. The van der Waals surface area contributed by atoms with Crippen molar-refractivity contribution in [2.75, 3.05) is 6.54 Å². The van der Waals surface area contributed by atoms with Gasteiger partial charge in [-0.15, -0.1) is 0 Å². The van der Waals surface area contributed by atoms with Crippen LogP contribution in [-0.4, -0.2) is 29.3 Å². The summed E-state index contributed by atoms with van der Waals surface area (Å²) in [6.45, 7) is 5.30. The van der Waals surface area contributed by atoms with Crippen molar-refractivity contribution in [3.05, 3.63) is 0 Å². The van der Waals surface area contributed by atoms with Crippen molar-refractivity contribution in [2.24, 2.45) is 17.1 Å². The van der Waals surface area contributed by atoms with Crippen LogP contribution in [0.15, 0.2) is 0 Å². The molecule has 4 heteroatoms. The highest BCUT2D eigenvalue weighted by Crippen LogP contribution is 2.39. The molecular formula is C15H26N2O2. The molecule has 0 aromatic heterocycles. The van der Waals surface area contributed by atoms with Gasteiger partial charge in [-0.05, 0) is 49.9 Å². The lowest BCUT2D eigenvalue weighted by atomic mass is 9.72. The SMILES string of the molecule is CC1(C)CCC(CC(=O)N2CCC[C@@H]2C(N)=O)CC1. The van der Waals surface area contributed by atoms with Gasteiger partial charge in [0.25, 0.3) is 0 Å². The Balaban J connectivity index is 1.86. The average Bonchev–Trinajstić information content (AvgIpc) is 2.81. The summed E-state index contributed by atoms with van der Waals surface area (Å²) in [5.74, 6) is 0.274. The summed E-state index contributed by atoms with van der Waals surface area (Å²) >= 11 is 0. The van der Waals surface area contributed by atoms with Gasteiger partial charge in [-0.25, -0.2) is 0 Å². The second kappa shape index (κ2) is 5.51. The Hall–Kier alpha value is -1.06. The Labute approximate surface area is 115 Å².